The van der Waals surface area contributed by atoms with Crippen LogP contribution in [-0.4, -0.2) is 17.0 Å². The third-order valence-electron chi connectivity index (χ3n) is 1.18. The lowest BCUT2D eigenvalue weighted by atomic mass is 10.3. The van der Waals surface area contributed by atoms with Gasteiger partial charge in [-0.25, -0.2) is 0 Å². The quantitative estimate of drug-likeness (QED) is 0.631. The zero-order valence-electron chi connectivity index (χ0n) is 5.16. The Labute approximate surface area is 59.5 Å². The second-order valence-corrected chi connectivity index (χ2v) is 3.05. The molecule has 0 aromatic heterocycles. The lowest BCUT2D eigenvalue weighted by Gasteiger charge is -2.08. The lowest BCUT2D eigenvalue weighted by Crippen LogP contribution is -2.00. The van der Waals surface area contributed by atoms with Gasteiger partial charge in [0.25, 0.3) is 0 Å². The van der Waals surface area contributed by atoms with E-state index in [9.17, 15) is 0 Å². The molecule has 1 heterocycles. The van der Waals surface area contributed by atoms with Crippen LogP contribution in [0.1, 0.15) is 6.42 Å². The first-order valence-corrected chi connectivity index (χ1v) is 3.97. The summed E-state index contributed by atoms with van der Waals surface area (Å²) in [5.41, 5.74) is 0. The molecule has 0 bridgehead atoms. The highest BCUT2D eigenvalue weighted by Crippen LogP contribution is 2.20. The van der Waals surface area contributed by atoms with Crippen LogP contribution in [-0.2, 0) is 0 Å². The zero-order valence-corrected chi connectivity index (χ0v) is 5.97. The van der Waals surface area contributed by atoms with Gasteiger partial charge in [0.05, 0.1) is 0 Å². The average molecular weight is 142 g/mol. The monoisotopic (exact) mass is 142 g/mol. The van der Waals surface area contributed by atoms with Crippen molar-refractivity contribution in [3.05, 3.63) is 23.6 Å². The molecule has 1 atom stereocenters. The number of aliphatic hydroxyl groups is 1. The van der Waals surface area contributed by atoms with Crippen LogP contribution < -0.4 is 0 Å². The highest BCUT2D eigenvalue weighted by atomic mass is 32.2. The third kappa shape index (κ3) is 2.24. The van der Waals surface area contributed by atoms with E-state index in [2.05, 4.69) is 11.5 Å². The Morgan fingerprint density at radius 2 is 2.33 bits per heavy atom. The van der Waals surface area contributed by atoms with E-state index < -0.39 is 0 Å². The van der Waals surface area contributed by atoms with Crippen LogP contribution in [0.4, 0.5) is 0 Å². The summed E-state index contributed by atoms with van der Waals surface area (Å²) in [5.74, 6) is 0. The van der Waals surface area contributed by atoms with Crippen LogP contribution in [0.3, 0.4) is 0 Å². The van der Waals surface area contributed by atoms with Gasteiger partial charge in [0.1, 0.15) is 0 Å². The van der Waals surface area contributed by atoms with Gasteiger partial charge in [-0.15, -0.1) is 11.8 Å². The predicted molar refractivity (Wildman–Crippen MR) is 41.4 cm³/mol. The number of aliphatic hydroxyl groups excluding tert-OH is 1. The molecule has 0 radical (unpaired) electrons. The number of hydrogen-bond donors (Lipinski definition) is 1. The topological polar surface area (TPSA) is 20.2 Å². The molecule has 0 aromatic carbocycles. The van der Waals surface area contributed by atoms with Crippen molar-refractivity contribution in [1.29, 1.82) is 0 Å². The van der Waals surface area contributed by atoms with Crippen molar-refractivity contribution in [2.24, 2.45) is 0 Å². The van der Waals surface area contributed by atoms with Crippen LogP contribution in [0.15, 0.2) is 23.6 Å². The fraction of sp³-hybridized carbons (Fsp3) is 0.429. The maximum absolute atomic E-state index is 8.55. The number of thioether (sulfide) groups is 1. The van der Waals surface area contributed by atoms with Gasteiger partial charge in [-0.2, -0.15) is 0 Å². The van der Waals surface area contributed by atoms with E-state index >= 15 is 0 Å². The van der Waals surface area contributed by atoms with Crippen LogP contribution in [0.2, 0.25) is 0 Å². The number of hydrogen-bond acceptors (Lipinski definition) is 2. The summed E-state index contributed by atoms with van der Waals surface area (Å²) in [6, 6.07) is 0. The lowest BCUT2D eigenvalue weighted by molar-refractivity contribution is 0.291. The maximum Gasteiger partial charge on any atom is 0.0444 e. The van der Waals surface area contributed by atoms with Crippen molar-refractivity contribution in [3.8, 4) is 0 Å². The molecule has 0 amide bonds. The molecule has 0 aliphatic carbocycles. The standard InChI is InChI=1S/C7H10OS/c8-5-4-7-3-1-2-6-9-7/h1-3,6-8H,4-5H2. The molecular weight excluding hydrogens is 132 g/mol. The molecule has 50 valence electrons. The molecule has 1 rings (SSSR count). The zero-order chi connectivity index (χ0) is 6.53. The van der Waals surface area contributed by atoms with Crippen molar-refractivity contribution in [2.45, 2.75) is 11.7 Å². The molecule has 0 fully saturated rings. The molecule has 0 spiro atoms. The van der Waals surface area contributed by atoms with Gasteiger partial charge in [-0.05, 0) is 11.8 Å². The Balaban J connectivity index is 2.28. The molecule has 1 aliphatic heterocycles. The number of allylic oxidation sites excluding steroid dienone is 2. The largest absolute Gasteiger partial charge is 0.396 e. The predicted octanol–water partition coefficient (Wildman–Crippen LogP) is 1.55. The first kappa shape index (κ1) is 6.90. The number of rotatable bonds is 2. The summed E-state index contributed by atoms with van der Waals surface area (Å²) in [7, 11) is 0. The minimum atomic E-state index is 0.288. The fourth-order valence-corrected chi connectivity index (χ4v) is 1.52. The van der Waals surface area contributed by atoms with Gasteiger partial charge in [0, 0.05) is 11.9 Å². The highest BCUT2D eigenvalue weighted by Gasteiger charge is 2.02. The molecule has 1 nitrogen and oxygen atoms in total. The molecule has 9 heavy (non-hydrogen) atoms. The fourth-order valence-electron chi connectivity index (χ4n) is 0.717. The van der Waals surface area contributed by atoms with Crippen molar-refractivity contribution < 1.29 is 5.11 Å². The van der Waals surface area contributed by atoms with Gasteiger partial charge >= 0.3 is 0 Å². The Hall–Kier alpha value is -0.210. The Morgan fingerprint density at radius 3 is 2.89 bits per heavy atom. The molecule has 0 saturated carbocycles. The van der Waals surface area contributed by atoms with Crippen molar-refractivity contribution in [2.75, 3.05) is 6.61 Å². The minimum Gasteiger partial charge on any atom is -0.396 e. The first-order valence-electron chi connectivity index (χ1n) is 3.03. The SMILES string of the molecule is OCCC1C=CC=CS1. The molecule has 1 unspecified atom stereocenters. The summed E-state index contributed by atoms with van der Waals surface area (Å²) in [5, 5.41) is 11.1. The average Bonchev–Trinajstić information content (AvgIpc) is 1.91. The van der Waals surface area contributed by atoms with Crippen LogP contribution in [0, 0.1) is 0 Å². The first-order chi connectivity index (χ1) is 4.43. The van der Waals surface area contributed by atoms with Crippen LogP contribution in [0.25, 0.3) is 0 Å². The maximum atomic E-state index is 8.55. The van der Waals surface area contributed by atoms with Gasteiger partial charge in [-0.1, -0.05) is 18.2 Å². The van der Waals surface area contributed by atoms with E-state index in [0.29, 0.717) is 5.25 Å². The van der Waals surface area contributed by atoms with Gasteiger partial charge < -0.3 is 5.11 Å². The Bertz CT molecular complexity index is 129. The summed E-state index contributed by atoms with van der Waals surface area (Å²) in [6.45, 7) is 0.288. The Morgan fingerprint density at radius 1 is 1.44 bits per heavy atom. The van der Waals surface area contributed by atoms with Crippen molar-refractivity contribution >= 4 is 11.8 Å². The van der Waals surface area contributed by atoms with Gasteiger partial charge in [0.15, 0.2) is 0 Å². The second kappa shape index (κ2) is 3.75. The van der Waals surface area contributed by atoms with E-state index in [1.807, 2.05) is 12.2 Å². The summed E-state index contributed by atoms with van der Waals surface area (Å²) >= 11 is 1.76. The van der Waals surface area contributed by atoms with E-state index in [1.54, 1.807) is 11.8 Å². The molecular formula is C7H10OS. The molecule has 1 N–H and O–H groups in total. The molecule has 0 saturated heterocycles. The van der Waals surface area contributed by atoms with Crippen LogP contribution in [0.5, 0.6) is 0 Å². The van der Waals surface area contributed by atoms with Gasteiger partial charge in [-0.3, -0.25) is 0 Å². The van der Waals surface area contributed by atoms with E-state index in [0.717, 1.165) is 6.42 Å². The Kier molecular flexibility index (Phi) is 2.87. The summed E-state index contributed by atoms with van der Waals surface area (Å²) in [4.78, 5) is 0. The normalized spacial score (nSPS) is 24.8. The smallest absolute Gasteiger partial charge is 0.0444 e. The van der Waals surface area contributed by atoms with Crippen molar-refractivity contribution in [3.63, 3.8) is 0 Å². The summed E-state index contributed by atoms with van der Waals surface area (Å²) in [6.07, 6.45) is 7.02. The highest BCUT2D eigenvalue weighted by molar-refractivity contribution is 8.02. The van der Waals surface area contributed by atoms with Crippen molar-refractivity contribution in [1.82, 2.24) is 0 Å². The molecule has 1 aliphatic rings. The minimum absolute atomic E-state index is 0.288. The summed E-state index contributed by atoms with van der Waals surface area (Å²) < 4.78 is 0. The van der Waals surface area contributed by atoms with E-state index in [-0.39, 0.29) is 6.61 Å². The van der Waals surface area contributed by atoms with E-state index in [1.165, 1.54) is 0 Å². The molecule has 2 heteroatoms. The third-order valence-corrected chi connectivity index (χ3v) is 2.24. The van der Waals surface area contributed by atoms with Gasteiger partial charge in [0.2, 0.25) is 0 Å². The van der Waals surface area contributed by atoms with Crippen LogP contribution >= 0.6 is 11.8 Å². The van der Waals surface area contributed by atoms with E-state index in [4.69, 9.17) is 5.11 Å². The second-order valence-electron chi connectivity index (χ2n) is 1.90. The molecule has 0 aromatic rings.